The van der Waals surface area contributed by atoms with Gasteiger partial charge in [0.25, 0.3) is 0 Å². The van der Waals surface area contributed by atoms with E-state index in [1.54, 1.807) is 14.2 Å². The highest BCUT2D eigenvalue weighted by atomic mass is 127. The van der Waals surface area contributed by atoms with Gasteiger partial charge in [0.2, 0.25) is 0 Å². The average molecular weight is 372 g/mol. The minimum Gasteiger partial charge on any atom is -0.383 e. The van der Waals surface area contributed by atoms with E-state index >= 15 is 0 Å². The van der Waals surface area contributed by atoms with Crippen LogP contribution in [0.5, 0.6) is 0 Å². The van der Waals surface area contributed by atoms with Crippen molar-refractivity contribution in [1.29, 1.82) is 0 Å². The Kier molecular flexibility index (Phi) is 11.9. The zero-order chi connectivity index (χ0) is 12.3. The molecule has 0 aromatic heterocycles. The molecule has 0 radical (unpaired) electrons. The number of aliphatic imine (C=N–C) groups is 1. The lowest BCUT2D eigenvalue weighted by molar-refractivity contribution is 0.0389. The number of hydrogen-bond donors (Lipinski definition) is 2. The van der Waals surface area contributed by atoms with Gasteiger partial charge >= 0.3 is 0 Å². The van der Waals surface area contributed by atoms with Crippen LogP contribution in [0.4, 0.5) is 0 Å². The maximum Gasteiger partial charge on any atom is 0.191 e. The van der Waals surface area contributed by atoms with Gasteiger partial charge in [0.15, 0.2) is 5.96 Å². The van der Waals surface area contributed by atoms with E-state index in [4.69, 9.17) is 9.47 Å². The molecule has 0 atom stereocenters. The van der Waals surface area contributed by atoms with Crippen molar-refractivity contribution < 1.29 is 9.47 Å². The first-order valence-electron chi connectivity index (χ1n) is 6.10. The van der Waals surface area contributed by atoms with Crippen LogP contribution < -0.4 is 10.6 Å². The average Bonchev–Trinajstić information content (AvgIpc) is 2.38. The number of ether oxygens (including phenoxy) is 2. The summed E-state index contributed by atoms with van der Waals surface area (Å²) >= 11 is 0. The molecule has 1 fully saturated rings. The lowest BCUT2D eigenvalue weighted by atomic mass is 10.4. The van der Waals surface area contributed by atoms with Crippen LogP contribution >= 0.6 is 24.0 Å². The summed E-state index contributed by atoms with van der Waals surface area (Å²) in [6.07, 6.45) is 0. The largest absolute Gasteiger partial charge is 0.383 e. The van der Waals surface area contributed by atoms with E-state index in [9.17, 15) is 0 Å². The van der Waals surface area contributed by atoms with Crippen LogP contribution in [0.3, 0.4) is 0 Å². The van der Waals surface area contributed by atoms with Crippen molar-refractivity contribution in [2.24, 2.45) is 4.99 Å². The van der Waals surface area contributed by atoms with E-state index in [0.29, 0.717) is 6.61 Å². The summed E-state index contributed by atoms with van der Waals surface area (Å²) in [5, 5.41) is 6.46. The molecule has 6 nitrogen and oxygen atoms in total. The summed E-state index contributed by atoms with van der Waals surface area (Å²) in [7, 11) is 3.47. The fourth-order valence-electron chi connectivity index (χ4n) is 1.65. The summed E-state index contributed by atoms with van der Waals surface area (Å²) in [6, 6.07) is 0. The first kappa shape index (κ1) is 17.9. The second-order valence-corrected chi connectivity index (χ2v) is 3.87. The van der Waals surface area contributed by atoms with E-state index in [-0.39, 0.29) is 24.0 Å². The quantitative estimate of drug-likeness (QED) is 0.292. The van der Waals surface area contributed by atoms with Crippen molar-refractivity contribution in [1.82, 2.24) is 15.5 Å². The number of hydrogen-bond acceptors (Lipinski definition) is 4. The number of guanidine groups is 1. The monoisotopic (exact) mass is 372 g/mol. The molecule has 108 valence electrons. The zero-order valence-electron chi connectivity index (χ0n) is 11.3. The van der Waals surface area contributed by atoms with Crippen LogP contribution in [0.25, 0.3) is 0 Å². The van der Waals surface area contributed by atoms with E-state index in [2.05, 4.69) is 20.5 Å². The summed E-state index contributed by atoms with van der Waals surface area (Å²) in [6.45, 7) is 7.12. The number of morpholine rings is 1. The van der Waals surface area contributed by atoms with Gasteiger partial charge in [-0.1, -0.05) is 0 Å². The molecule has 0 bridgehead atoms. The van der Waals surface area contributed by atoms with Crippen LogP contribution in [0, 0.1) is 0 Å². The van der Waals surface area contributed by atoms with Gasteiger partial charge in [-0.2, -0.15) is 0 Å². The lowest BCUT2D eigenvalue weighted by Crippen LogP contribution is -2.44. The number of nitrogens with zero attached hydrogens (tertiary/aromatic N) is 2. The molecule has 1 rings (SSSR count). The Hall–Kier alpha value is -0.120. The van der Waals surface area contributed by atoms with Gasteiger partial charge < -0.3 is 20.1 Å². The maximum absolute atomic E-state index is 5.30. The molecule has 1 aliphatic heterocycles. The molecule has 0 amide bonds. The van der Waals surface area contributed by atoms with Crippen LogP contribution in [-0.2, 0) is 9.47 Å². The molecule has 0 unspecified atom stereocenters. The van der Waals surface area contributed by atoms with Gasteiger partial charge in [0.05, 0.1) is 19.8 Å². The third-order valence-electron chi connectivity index (χ3n) is 2.65. The standard InChI is InChI=1S/C11H24N4O2.HI/c1-12-11(14-4-8-16-2)13-3-5-15-6-9-17-10-7-15;/h3-10H2,1-2H3,(H2,12,13,14);1H. The second-order valence-electron chi connectivity index (χ2n) is 3.87. The molecule has 1 saturated heterocycles. The van der Waals surface area contributed by atoms with Crippen LogP contribution in [0.2, 0.25) is 0 Å². The highest BCUT2D eigenvalue weighted by molar-refractivity contribution is 14.0. The number of halogens is 1. The molecule has 1 heterocycles. The Bertz CT molecular complexity index is 223. The number of nitrogens with one attached hydrogen (secondary N) is 2. The highest BCUT2D eigenvalue weighted by Crippen LogP contribution is 1.94. The normalized spacial score (nSPS) is 17.1. The van der Waals surface area contributed by atoms with Crippen molar-refractivity contribution in [2.75, 3.05) is 66.7 Å². The predicted octanol–water partition coefficient (Wildman–Crippen LogP) is -0.252. The van der Waals surface area contributed by atoms with Crippen molar-refractivity contribution >= 4 is 29.9 Å². The SMILES string of the molecule is CN=C(NCCOC)NCCN1CCOCC1.I. The summed E-state index contributed by atoms with van der Waals surface area (Å²) < 4.78 is 10.3. The van der Waals surface area contributed by atoms with Gasteiger partial charge in [-0.25, -0.2) is 0 Å². The summed E-state index contributed by atoms with van der Waals surface area (Å²) in [5.74, 6) is 0.829. The molecule has 0 aliphatic carbocycles. The van der Waals surface area contributed by atoms with E-state index in [1.807, 2.05) is 0 Å². The molecule has 2 N–H and O–H groups in total. The summed E-state index contributed by atoms with van der Waals surface area (Å²) in [5.41, 5.74) is 0. The zero-order valence-corrected chi connectivity index (χ0v) is 13.6. The topological polar surface area (TPSA) is 58.1 Å². The van der Waals surface area contributed by atoms with Gasteiger partial charge in [-0.3, -0.25) is 9.89 Å². The van der Waals surface area contributed by atoms with Gasteiger partial charge in [-0.05, 0) is 0 Å². The maximum atomic E-state index is 5.30. The third kappa shape index (κ3) is 8.06. The molecule has 18 heavy (non-hydrogen) atoms. The highest BCUT2D eigenvalue weighted by Gasteiger charge is 2.09. The first-order valence-corrected chi connectivity index (χ1v) is 6.10. The van der Waals surface area contributed by atoms with Gasteiger partial charge in [0.1, 0.15) is 0 Å². The molecular formula is C11H25IN4O2. The molecule has 7 heteroatoms. The predicted molar refractivity (Wildman–Crippen MR) is 83.9 cm³/mol. The van der Waals surface area contributed by atoms with Crippen LogP contribution in [0.15, 0.2) is 4.99 Å². The Morgan fingerprint density at radius 2 is 1.94 bits per heavy atom. The fraction of sp³-hybridized carbons (Fsp3) is 0.909. The minimum atomic E-state index is 0. The molecular weight excluding hydrogens is 347 g/mol. The number of methoxy groups -OCH3 is 1. The van der Waals surface area contributed by atoms with Crippen molar-refractivity contribution in [3.63, 3.8) is 0 Å². The number of rotatable bonds is 6. The second kappa shape index (κ2) is 11.9. The van der Waals surface area contributed by atoms with Crippen molar-refractivity contribution in [3.05, 3.63) is 0 Å². The molecule has 0 aromatic rings. The molecule has 0 spiro atoms. The van der Waals surface area contributed by atoms with E-state index in [1.165, 1.54) is 0 Å². The van der Waals surface area contributed by atoms with Crippen LogP contribution in [-0.4, -0.2) is 77.6 Å². The van der Waals surface area contributed by atoms with Gasteiger partial charge in [-0.15, -0.1) is 24.0 Å². The van der Waals surface area contributed by atoms with Crippen LogP contribution in [0.1, 0.15) is 0 Å². The third-order valence-corrected chi connectivity index (χ3v) is 2.65. The van der Waals surface area contributed by atoms with Crippen molar-refractivity contribution in [3.8, 4) is 0 Å². The minimum absolute atomic E-state index is 0. The fourth-order valence-corrected chi connectivity index (χ4v) is 1.65. The summed E-state index contributed by atoms with van der Waals surface area (Å²) in [4.78, 5) is 6.53. The molecule has 0 aromatic carbocycles. The van der Waals surface area contributed by atoms with E-state index < -0.39 is 0 Å². The molecule has 0 saturated carbocycles. The molecule has 1 aliphatic rings. The lowest BCUT2D eigenvalue weighted by Gasteiger charge is -2.26. The Labute approximate surface area is 127 Å². The first-order chi connectivity index (χ1) is 8.36. The Morgan fingerprint density at radius 3 is 2.56 bits per heavy atom. The smallest absolute Gasteiger partial charge is 0.191 e. The Morgan fingerprint density at radius 1 is 1.28 bits per heavy atom. The Balaban J connectivity index is 0.00000289. The van der Waals surface area contributed by atoms with Gasteiger partial charge in [0, 0.05) is 46.9 Å². The van der Waals surface area contributed by atoms with E-state index in [0.717, 1.165) is 51.9 Å². The van der Waals surface area contributed by atoms with Crippen molar-refractivity contribution in [2.45, 2.75) is 0 Å².